The standard InChI is InChI=1S/C25H25Cl2NO6/c1-2-3-4-11-33-24(31)16-5-8-19(9-6-16)28-14-17(12-23(28)30)25(32)34-15-22(29)20-10-7-18(26)13-21(20)27/h5-10,13,17H,2-4,11-12,14-15H2,1H3/t17-/m0/s1. The molecule has 0 spiro atoms. The van der Waals surface area contributed by atoms with E-state index in [0.717, 1.165) is 19.3 Å². The van der Waals surface area contributed by atoms with Crippen LogP contribution in [0.3, 0.4) is 0 Å². The SMILES string of the molecule is CCCCCOC(=O)c1ccc(N2C[C@@H](C(=O)OCC(=O)c3ccc(Cl)cc3Cl)CC2=O)cc1. The third-order valence-corrected chi connectivity index (χ3v) is 5.98. The summed E-state index contributed by atoms with van der Waals surface area (Å²) in [5, 5.41) is 0.559. The zero-order valence-electron chi connectivity index (χ0n) is 18.7. The molecule has 0 aliphatic carbocycles. The second-order valence-electron chi connectivity index (χ2n) is 7.95. The van der Waals surface area contributed by atoms with Crippen molar-refractivity contribution in [1.29, 1.82) is 0 Å². The number of anilines is 1. The van der Waals surface area contributed by atoms with Crippen LogP contribution in [0.25, 0.3) is 0 Å². The summed E-state index contributed by atoms with van der Waals surface area (Å²) in [6.45, 7) is 2.07. The van der Waals surface area contributed by atoms with E-state index in [9.17, 15) is 19.2 Å². The number of benzene rings is 2. The Hall–Kier alpha value is -2.90. The monoisotopic (exact) mass is 505 g/mol. The van der Waals surface area contributed by atoms with Crippen molar-refractivity contribution >= 4 is 52.5 Å². The molecule has 2 aromatic rings. The number of esters is 2. The first-order valence-corrected chi connectivity index (χ1v) is 11.8. The summed E-state index contributed by atoms with van der Waals surface area (Å²) in [4.78, 5) is 50.8. The fourth-order valence-corrected chi connectivity index (χ4v) is 4.05. The third kappa shape index (κ3) is 6.58. The van der Waals surface area contributed by atoms with Crippen molar-refractivity contribution < 1.29 is 28.7 Å². The normalized spacial score (nSPS) is 15.3. The van der Waals surface area contributed by atoms with Gasteiger partial charge in [-0.3, -0.25) is 14.4 Å². The second-order valence-corrected chi connectivity index (χ2v) is 8.79. The fourth-order valence-electron chi connectivity index (χ4n) is 3.54. The summed E-state index contributed by atoms with van der Waals surface area (Å²) in [6, 6.07) is 10.9. The first-order valence-electron chi connectivity index (χ1n) is 11.0. The minimum absolute atomic E-state index is 0.0318. The van der Waals surface area contributed by atoms with Crippen molar-refractivity contribution in [1.82, 2.24) is 0 Å². The van der Waals surface area contributed by atoms with Crippen molar-refractivity contribution in [3.63, 3.8) is 0 Å². The van der Waals surface area contributed by atoms with Crippen molar-refractivity contribution in [2.24, 2.45) is 5.92 Å². The summed E-state index contributed by atoms with van der Waals surface area (Å²) in [5.41, 5.74) is 1.15. The van der Waals surface area contributed by atoms with Gasteiger partial charge in [0.25, 0.3) is 0 Å². The summed E-state index contributed by atoms with van der Waals surface area (Å²) in [6.07, 6.45) is 2.82. The molecule has 1 saturated heterocycles. The highest BCUT2D eigenvalue weighted by molar-refractivity contribution is 6.36. The summed E-state index contributed by atoms with van der Waals surface area (Å²) in [5.74, 6) is -2.47. The number of unbranched alkanes of at least 4 members (excludes halogenated alkanes) is 2. The van der Waals surface area contributed by atoms with E-state index in [-0.39, 0.29) is 29.5 Å². The fraction of sp³-hybridized carbons (Fsp3) is 0.360. The second kappa shape index (κ2) is 12.0. The first kappa shape index (κ1) is 25.7. The molecule has 7 nitrogen and oxygen atoms in total. The van der Waals surface area contributed by atoms with Crippen molar-refractivity contribution in [2.45, 2.75) is 32.6 Å². The van der Waals surface area contributed by atoms with Crippen LogP contribution in [-0.2, 0) is 19.1 Å². The maximum atomic E-state index is 12.5. The predicted octanol–water partition coefficient (Wildman–Crippen LogP) is 5.12. The van der Waals surface area contributed by atoms with Crippen LogP contribution in [0.1, 0.15) is 53.3 Å². The molecule has 0 unspecified atom stereocenters. The van der Waals surface area contributed by atoms with Gasteiger partial charge < -0.3 is 14.4 Å². The van der Waals surface area contributed by atoms with Gasteiger partial charge >= 0.3 is 11.9 Å². The molecule has 1 amide bonds. The smallest absolute Gasteiger partial charge is 0.338 e. The van der Waals surface area contributed by atoms with Crippen LogP contribution in [0, 0.1) is 5.92 Å². The molecule has 0 aromatic heterocycles. The molecule has 0 bridgehead atoms. The topological polar surface area (TPSA) is 90.0 Å². The Bertz CT molecular complexity index is 1070. The Morgan fingerprint density at radius 2 is 1.76 bits per heavy atom. The average molecular weight is 506 g/mol. The molecular formula is C25H25Cl2NO6. The van der Waals surface area contributed by atoms with Gasteiger partial charge in [0.15, 0.2) is 6.61 Å². The van der Waals surface area contributed by atoms with Crippen LogP contribution >= 0.6 is 23.2 Å². The number of carbonyl (C=O) groups excluding carboxylic acids is 4. The lowest BCUT2D eigenvalue weighted by atomic mass is 10.1. The number of ether oxygens (including phenoxy) is 2. The number of carbonyl (C=O) groups is 4. The summed E-state index contributed by atoms with van der Waals surface area (Å²) in [7, 11) is 0. The van der Waals surface area contributed by atoms with Crippen molar-refractivity contribution in [2.75, 3.05) is 24.7 Å². The Labute approximate surface area is 207 Å². The largest absolute Gasteiger partial charge is 0.462 e. The molecule has 0 saturated carbocycles. The van der Waals surface area contributed by atoms with E-state index in [1.165, 1.54) is 23.1 Å². The molecule has 34 heavy (non-hydrogen) atoms. The van der Waals surface area contributed by atoms with Gasteiger partial charge in [-0.1, -0.05) is 43.0 Å². The molecule has 2 aromatic carbocycles. The Morgan fingerprint density at radius 3 is 2.44 bits per heavy atom. The number of hydrogen-bond donors (Lipinski definition) is 0. The van der Waals surface area contributed by atoms with Crippen LogP contribution in [0.15, 0.2) is 42.5 Å². The highest BCUT2D eigenvalue weighted by Crippen LogP contribution is 2.27. The quantitative estimate of drug-likeness (QED) is 0.253. The van der Waals surface area contributed by atoms with Gasteiger partial charge in [0, 0.05) is 29.2 Å². The predicted molar refractivity (Wildman–Crippen MR) is 128 cm³/mol. The average Bonchev–Trinajstić information content (AvgIpc) is 3.21. The number of halogens is 2. The van der Waals surface area contributed by atoms with Crippen molar-refractivity contribution in [3.8, 4) is 0 Å². The number of Topliss-reactive ketones (excluding diaryl/α,β-unsaturated/α-hetero) is 1. The van der Waals surface area contributed by atoms with E-state index in [1.807, 2.05) is 0 Å². The van der Waals surface area contributed by atoms with Crippen LogP contribution in [-0.4, -0.2) is 43.4 Å². The molecule has 9 heteroatoms. The third-order valence-electron chi connectivity index (χ3n) is 5.43. The van der Waals surface area contributed by atoms with Gasteiger partial charge in [-0.15, -0.1) is 0 Å². The zero-order valence-corrected chi connectivity index (χ0v) is 20.2. The van der Waals surface area contributed by atoms with Crippen molar-refractivity contribution in [3.05, 3.63) is 63.6 Å². The maximum absolute atomic E-state index is 12.5. The summed E-state index contributed by atoms with van der Waals surface area (Å²) < 4.78 is 10.4. The van der Waals surface area contributed by atoms with Gasteiger partial charge in [0.1, 0.15) is 0 Å². The molecule has 1 atom stereocenters. The zero-order chi connectivity index (χ0) is 24.7. The number of hydrogen-bond acceptors (Lipinski definition) is 6. The van der Waals surface area contributed by atoms with Crippen LogP contribution in [0.2, 0.25) is 10.0 Å². The first-order chi connectivity index (χ1) is 16.3. The number of rotatable bonds is 10. The minimum atomic E-state index is -0.704. The molecule has 0 N–H and O–H groups in total. The molecular weight excluding hydrogens is 481 g/mol. The molecule has 1 fully saturated rings. The molecule has 180 valence electrons. The lowest BCUT2D eigenvalue weighted by Crippen LogP contribution is -2.27. The lowest BCUT2D eigenvalue weighted by molar-refractivity contribution is -0.147. The molecule has 3 rings (SSSR count). The van der Waals surface area contributed by atoms with E-state index >= 15 is 0 Å². The maximum Gasteiger partial charge on any atom is 0.338 e. The Kier molecular flexibility index (Phi) is 9.07. The van der Waals surface area contributed by atoms with Gasteiger partial charge in [-0.05, 0) is 48.9 Å². The highest BCUT2D eigenvalue weighted by atomic mass is 35.5. The number of ketones is 1. The molecule has 1 aliphatic heterocycles. The van der Waals surface area contributed by atoms with Crippen LogP contribution in [0.4, 0.5) is 5.69 Å². The Balaban J connectivity index is 1.53. The van der Waals surface area contributed by atoms with E-state index in [4.69, 9.17) is 32.7 Å². The van der Waals surface area contributed by atoms with Gasteiger partial charge in [-0.2, -0.15) is 0 Å². The van der Waals surface area contributed by atoms with Gasteiger partial charge in [0.05, 0.1) is 23.1 Å². The van der Waals surface area contributed by atoms with Gasteiger partial charge in [-0.25, -0.2) is 4.79 Å². The minimum Gasteiger partial charge on any atom is -0.462 e. The van der Waals surface area contributed by atoms with E-state index in [0.29, 0.717) is 22.9 Å². The highest BCUT2D eigenvalue weighted by Gasteiger charge is 2.36. The molecule has 1 aliphatic rings. The van der Waals surface area contributed by atoms with Crippen LogP contribution < -0.4 is 4.90 Å². The van der Waals surface area contributed by atoms with E-state index in [1.54, 1.807) is 24.3 Å². The number of nitrogens with zero attached hydrogens (tertiary/aromatic N) is 1. The lowest BCUT2D eigenvalue weighted by Gasteiger charge is -2.17. The van der Waals surface area contributed by atoms with E-state index in [2.05, 4.69) is 6.92 Å². The number of amides is 1. The van der Waals surface area contributed by atoms with E-state index < -0.39 is 30.2 Å². The van der Waals surface area contributed by atoms with Gasteiger partial charge in [0.2, 0.25) is 11.7 Å². The van der Waals surface area contributed by atoms with Crippen LogP contribution in [0.5, 0.6) is 0 Å². The molecule has 0 radical (unpaired) electrons. The summed E-state index contributed by atoms with van der Waals surface area (Å²) >= 11 is 11.8. The molecule has 1 heterocycles. The Morgan fingerprint density at radius 1 is 1.03 bits per heavy atom.